The van der Waals surface area contributed by atoms with Crippen LogP contribution in [0.25, 0.3) is 81.4 Å². The van der Waals surface area contributed by atoms with Crippen molar-refractivity contribution in [2.45, 2.75) is 38.5 Å². The van der Waals surface area contributed by atoms with Crippen molar-refractivity contribution in [1.29, 1.82) is 0 Å². The van der Waals surface area contributed by atoms with Gasteiger partial charge < -0.3 is 0 Å². The molecular weight excluding hydrogens is 677 g/mol. The molecule has 2 nitrogen and oxygen atoms in total. The number of hydrogen-bond donors (Lipinski definition) is 0. The average molecular weight is 717 g/mol. The number of aromatic nitrogens is 1. The molecule has 2 heterocycles. The molecule has 1 aromatic heterocycles. The van der Waals surface area contributed by atoms with E-state index in [0.717, 1.165) is 18.0 Å². The van der Waals surface area contributed by atoms with Crippen LogP contribution in [0.4, 0.5) is 0 Å². The van der Waals surface area contributed by atoms with E-state index in [1.54, 1.807) is 0 Å². The lowest BCUT2D eigenvalue weighted by Gasteiger charge is -2.30. The van der Waals surface area contributed by atoms with Gasteiger partial charge in [-0.1, -0.05) is 166 Å². The Labute approximate surface area is 326 Å². The molecule has 0 radical (unpaired) electrons. The molecule has 0 spiro atoms. The second kappa shape index (κ2) is 11.5. The van der Waals surface area contributed by atoms with Crippen molar-refractivity contribution < 1.29 is 0 Å². The first-order valence-corrected chi connectivity index (χ1v) is 20.1. The van der Waals surface area contributed by atoms with Gasteiger partial charge in [-0.15, -0.1) is 0 Å². The molecule has 0 N–H and O–H groups in total. The van der Waals surface area contributed by atoms with Gasteiger partial charge in [0.25, 0.3) is 0 Å². The highest BCUT2D eigenvalue weighted by atomic mass is 15.1. The molecule has 0 saturated carbocycles. The maximum absolute atomic E-state index is 6.04. The Bertz CT molecular complexity index is 3350. The van der Waals surface area contributed by atoms with Crippen molar-refractivity contribution in [2.24, 2.45) is 10.9 Å². The molecule has 0 saturated heterocycles. The molecule has 9 aromatic carbocycles. The molecule has 0 bridgehead atoms. The third kappa shape index (κ3) is 4.30. The molecule has 1 aliphatic heterocycles. The summed E-state index contributed by atoms with van der Waals surface area (Å²) in [4.78, 5) is 6.04. The van der Waals surface area contributed by atoms with Crippen LogP contribution in [0.2, 0.25) is 0 Å². The quantitative estimate of drug-likeness (QED) is 0.151. The van der Waals surface area contributed by atoms with Crippen LogP contribution < -0.4 is 0 Å². The van der Waals surface area contributed by atoms with Gasteiger partial charge in [-0.05, 0) is 95.7 Å². The molecule has 2 aliphatic rings. The van der Waals surface area contributed by atoms with Gasteiger partial charge in [0.05, 0.1) is 16.7 Å². The SMILES string of the molecule is CC1CC2=C(N=C(n3c4cc5ccccc5cc4c4c5c6ccccc6c6ccccc6c5ccc43)C1c1ccc3ccccc3c1)c1ccccc1C2(C)C. The summed E-state index contributed by atoms with van der Waals surface area (Å²) in [7, 11) is 0. The Kier molecular flexibility index (Phi) is 6.53. The molecule has 2 atom stereocenters. The summed E-state index contributed by atoms with van der Waals surface area (Å²) in [5, 5.41) is 15.3. The summed E-state index contributed by atoms with van der Waals surface area (Å²) in [6.07, 6.45) is 0.973. The van der Waals surface area contributed by atoms with Gasteiger partial charge in [-0.2, -0.15) is 0 Å². The minimum absolute atomic E-state index is 0.0440. The van der Waals surface area contributed by atoms with E-state index in [1.807, 2.05) is 0 Å². The van der Waals surface area contributed by atoms with Gasteiger partial charge >= 0.3 is 0 Å². The maximum Gasteiger partial charge on any atom is 0.122 e. The molecular formula is C54H40N2. The van der Waals surface area contributed by atoms with Crippen LogP contribution in [-0.2, 0) is 5.41 Å². The van der Waals surface area contributed by atoms with E-state index >= 15 is 0 Å². The first-order chi connectivity index (χ1) is 27.5. The molecule has 0 fully saturated rings. The number of rotatable bonds is 1. The number of allylic oxidation sites excluding steroid dienone is 1. The average Bonchev–Trinajstić information content (AvgIpc) is 3.59. The highest BCUT2D eigenvalue weighted by Gasteiger charge is 2.43. The summed E-state index contributed by atoms with van der Waals surface area (Å²) >= 11 is 0. The molecule has 0 amide bonds. The Morgan fingerprint density at radius 3 is 1.86 bits per heavy atom. The fourth-order valence-corrected chi connectivity index (χ4v) is 10.7. The second-order valence-electron chi connectivity index (χ2n) is 16.8. The summed E-state index contributed by atoms with van der Waals surface area (Å²) in [6.45, 7) is 7.27. The lowest BCUT2D eigenvalue weighted by Crippen LogP contribution is -2.27. The van der Waals surface area contributed by atoms with Crippen molar-refractivity contribution >= 4 is 87.2 Å². The number of hydrogen-bond acceptors (Lipinski definition) is 1. The molecule has 2 heteroatoms. The molecule has 10 aromatic rings. The first kappa shape index (κ1) is 31.8. The zero-order valence-electron chi connectivity index (χ0n) is 31.8. The molecule has 266 valence electrons. The van der Waals surface area contributed by atoms with Crippen molar-refractivity contribution in [2.75, 3.05) is 0 Å². The third-order valence-electron chi connectivity index (χ3n) is 13.4. The summed E-state index contributed by atoms with van der Waals surface area (Å²) in [5.41, 5.74) is 8.86. The van der Waals surface area contributed by atoms with Crippen molar-refractivity contribution in [3.63, 3.8) is 0 Å². The van der Waals surface area contributed by atoms with Crippen LogP contribution in [-0.4, -0.2) is 10.4 Å². The van der Waals surface area contributed by atoms with E-state index < -0.39 is 0 Å². The van der Waals surface area contributed by atoms with Gasteiger partial charge in [0.2, 0.25) is 0 Å². The van der Waals surface area contributed by atoms with Gasteiger partial charge in [0, 0.05) is 33.1 Å². The van der Waals surface area contributed by atoms with Crippen molar-refractivity contribution in [3.05, 3.63) is 186 Å². The molecule has 12 rings (SSSR count). The normalized spacial score (nSPS) is 18.0. The number of benzene rings is 9. The van der Waals surface area contributed by atoms with Crippen LogP contribution in [0, 0.1) is 5.92 Å². The molecule has 56 heavy (non-hydrogen) atoms. The maximum atomic E-state index is 6.04. The van der Waals surface area contributed by atoms with Crippen molar-refractivity contribution in [1.82, 2.24) is 4.57 Å². The van der Waals surface area contributed by atoms with Crippen molar-refractivity contribution in [3.8, 4) is 0 Å². The third-order valence-corrected chi connectivity index (χ3v) is 13.4. The Morgan fingerprint density at radius 1 is 0.518 bits per heavy atom. The minimum atomic E-state index is -0.111. The second-order valence-corrected chi connectivity index (χ2v) is 16.8. The van der Waals surface area contributed by atoms with E-state index in [-0.39, 0.29) is 17.3 Å². The summed E-state index contributed by atoms with van der Waals surface area (Å²) in [5.74, 6) is 1.43. The standard InChI is InChI=1S/C54H40N2/c1-32-28-46-52(43-22-12-13-23-45(43)54(46,2)3)55-53(49(32)37-25-24-33-14-4-5-15-34(33)29-37)56-47-27-26-42-40-20-9-8-18-38(40)39-19-10-11-21-41(39)50(42)51(47)44-30-35-16-6-7-17-36(35)31-48(44)56/h4-27,29-32,49H,28H2,1-3H3. The van der Waals surface area contributed by atoms with Crippen LogP contribution in [0.3, 0.4) is 0 Å². The van der Waals surface area contributed by atoms with Crippen LogP contribution in [0.15, 0.2) is 174 Å². The highest BCUT2D eigenvalue weighted by Crippen LogP contribution is 2.53. The largest absolute Gasteiger partial charge is 0.297 e. The monoisotopic (exact) mass is 716 g/mol. The topological polar surface area (TPSA) is 17.3 Å². The Balaban J connectivity index is 1.27. The first-order valence-electron chi connectivity index (χ1n) is 20.1. The Morgan fingerprint density at radius 2 is 1.11 bits per heavy atom. The zero-order chi connectivity index (χ0) is 37.3. The predicted molar refractivity (Wildman–Crippen MR) is 239 cm³/mol. The van der Waals surface area contributed by atoms with E-state index in [9.17, 15) is 0 Å². The molecule has 1 aliphatic carbocycles. The molecule has 2 unspecified atom stereocenters. The van der Waals surface area contributed by atoms with Gasteiger partial charge in [0.1, 0.15) is 5.84 Å². The van der Waals surface area contributed by atoms with E-state index in [1.165, 1.54) is 97.9 Å². The van der Waals surface area contributed by atoms with Crippen LogP contribution in [0.5, 0.6) is 0 Å². The lowest BCUT2D eigenvalue weighted by molar-refractivity contribution is 0.492. The zero-order valence-corrected chi connectivity index (χ0v) is 31.8. The number of aliphatic imine (C=N–C) groups is 1. The van der Waals surface area contributed by atoms with Gasteiger partial charge in [-0.25, -0.2) is 4.99 Å². The van der Waals surface area contributed by atoms with E-state index in [4.69, 9.17) is 4.99 Å². The number of fused-ring (bicyclic) bond motifs is 14. The summed E-state index contributed by atoms with van der Waals surface area (Å²) < 4.78 is 2.57. The summed E-state index contributed by atoms with van der Waals surface area (Å²) in [6, 6.07) is 61.3. The van der Waals surface area contributed by atoms with Crippen LogP contribution in [0.1, 0.15) is 49.8 Å². The number of nitrogens with zero attached hydrogens (tertiary/aromatic N) is 2. The Hall–Kier alpha value is -6.51. The predicted octanol–water partition coefficient (Wildman–Crippen LogP) is 14.3. The highest BCUT2D eigenvalue weighted by molar-refractivity contribution is 6.36. The van der Waals surface area contributed by atoms with E-state index in [2.05, 4.69) is 189 Å². The minimum Gasteiger partial charge on any atom is -0.297 e. The fraction of sp³-hybridized carbons (Fsp3) is 0.130. The van der Waals surface area contributed by atoms with Crippen LogP contribution >= 0.6 is 0 Å². The fourth-order valence-electron chi connectivity index (χ4n) is 10.7. The smallest absolute Gasteiger partial charge is 0.122 e. The van der Waals surface area contributed by atoms with Gasteiger partial charge in [0.15, 0.2) is 0 Å². The van der Waals surface area contributed by atoms with E-state index in [0.29, 0.717) is 0 Å². The van der Waals surface area contributed by atoms with Gasteiger partial charge in [-0.3, -0.25) is 4.57 Å². The lowest BCUT2D eigenvalue weighted by atomic mass is 9.74.